The van der Waals surface area contributed by atoms with E-state index in [2.05, 4.69) is 34.2 Å². The van der Waals surface area contributed by atoms with Crippen LogP contribution in [-0.2, 0) is 0 Å². The lowest BCUT2D eigenvalue weighted by Gasteiger charge is -2.26. The average Bonchev–Trinajstić information content (AvgIpc) is 2.86. The molecule has 1 aromatic rings. The quantitative estimate of drug-likeness (QED) is 0.875. The molecule has 0 amide bonds. The Morgan fingerprint density at radius 1 is 1.53 bits per heavy atom. The molecular formula is C13H23N3S. The zero-order valence-electron chi connectivity index (χ0n) is 10.9. The Kier molecular flexibility index (Phi) is 4.92. The molecule has 0 spiro atoms. The van der Waals surface area contributed by atoms with Crippen LogP contribution in [-0.4, -0.2) is 34.6 Å². The van der Waals surface area contributed by atoms with Crippen molar-refractivity contribution in [2.75, 3.05) is 25.1 Å². The van der Waals surface area contributed by atoms with E-state index in [0.29, 0.717) is 12.0 Å². The van der Waals surface area contributed by atoms with Crippen molar-refractivity contribution < 1.29 is 0 Å². The standard InChI is InChI=1S/C13H23N3S/c1-3-12(9-17-2)16-10-15-8-13(16)11-4-6-14-7-5-11/h8,10-12,14H,3-7,9H2,1-2H3. The summed E-state index contributed by atoms with van der Waals surface area (Å²) in [6.07, 6.45) is 9.99. The van der Waals surface area contributed by atoms with Crippen LogP contribution in [0.25, 0.3) is 0 Å². The second-order valence-corrected chi connectivity index (χ2v) is 5.68. The van der Waals surface area contributed by atoms with Crippen molar-refractivity contribution in [1.82, 2.24) is 14.9 Å². The molecule has 0 bridgehead atoms. The van der Waals surface area contributed by atoms with Gasteiger partial charge in [-0.3, -0.25) is 0 Å². The van der Waals surface area contributed by atoms with E-state index in [1.807, 2.05) is 18.1 Å². The zero-order chi connectivity index (χ0) is 12.1. The fraction of sp³-hybridized carbons (Fsp3) is 0.769. The Labute approximate surface area is 108 Å². The maximum Gasteiger partial charge on any atom is 0.0951 e. The molecule has 96 valence electrons. The Hall–Kier alpha value is -0.480. The first-order chi connectivity index (χ1) is 8.36. The van der Waals surface area contributed by atoms with Crippen LogP contribution >= 0.6 is 11.8 Å². The summed E-state index contributed by atoms with van der Waals surface area (Å²) in [7, 11) is 0. The lowest BCUT2D eigenvalue weighted by molar-refractivity contribution is 0.421. The minimum absolute atomic E-state index is 0.609. The molecule has 1 atom stereocenters. The van der Waals surface area contributed by atoms with Crippen LogP contribution in [0.5, 0.6) is 0 Å². The molecule has 1 saturated heterocycles. The topological polar surface area (TPSA) is 29.9 Å². The van der Waals surface area contributed by atoms with Gasteiger partial charge >= 0.3 is 0 Å². The number of piperidine rings is 1. The van der Waals surface area contributed by atoms with Gasteiger partial charge in [-0.1, -0.05) is 6.92 Å². The molecule has 1 N–H and O–H groups in total. The van der Waals surface area contributed by atoms with Gasteiger partial charge in [0.05, 0.1) is 6.33 Å². The summed E-state index contributed by atoms with van der Waals surface area (Å²) in [5, 5.41) is 3.43. The van der Waals surface area contributed by atoms with Gasteiger partial charge in [0.2, 0.25) is 0 Å². The van der Waals surface area contributed by atoms with Gasteiger partial charge in [-0.05, 0) is 38.6 Å². The Balaban J connectivity index is 2.14. The molecule has 1 unspecified atom stereocenters. The molecule has 2 rings (SSSR count). The van der Waals surface area contributed by atoms with Gasteiger partial charge in [0.1, 0.15) is 0 Å². The van der Waals surface area contributed by atoms with E-state index >= 15 is 0 Å². The normalized spacial score (nSPS) is 19.4. The highest BCUT2D eigenvalue weighted by Gasteiger charge is 2.21. The molecule has 1 aliphatic rings. The van der Waals surface area contributed by atoms with Crippen LogP contribution in [0.4, 0.5) is 0 Å². The van der Waals surface area contributed by atoms with Crippen LogP contribution in [0, 0.1) is 0 Å². The SMILES string of the molecule is CCC(CSC)n1cncc1C1CCNCC1. The number of hydrogen-bond acceptors (Lipinski definition) is 3. The van der Waals surface area contributed by atoms with Crippen molar-refractivity contribution in [3.63, 3.8) is 0 Å². The van der Waals surface area contributed by atoms with E-state index in [4.69, 9.17) is 0 Å². The second-order valence-electron chi connectivity index (χ2n) is 4.77. The number of thioether (sulfide) groups is 1. The third-order valence-corrected chi connectivity index (χ3v) is 4.40. The Bertz CT molecular complexity index is 312. The van der Waals surface area contributed by atoms with Gasteiger partial charge in [-0.15, -0.1) is 0 Å². The summed E-state index contributed by atoms with van der Waals surface area (Å²) in [4.78, 5) is 4.38. The van der Waals surface area contributed by atoms with Crippen LogP contribution in [0.1, 0.15) is 43.8 Å². The number of hydrogen-bond donors (Lipinski definition) is 1. The molecule has 1 aromatic heterocycles. The van der Waals surface area contributed by atoms with E-state index < -0.39 is 0 Å². The average molecular weight is 253 g/mol. The molecule has 0 saturated carbocycles. The van der Waals surface area contributed by atoms with E-state index in [-0.39, 0.29) is 0 Å². The number of nitrogens with one attached hydrogen (secondary N) is 1. The number of nitrogens with zero attached hydrogens (tertiary/aromatic N) is 2. The fourth-order valence-electron chi connectivity index (χ4n) is 2.64. The van der Waals surface area contributed by atoms with E-state index in [0.717, 1.165) is 13.1 Å². The first kappa shape index (κ1) is 13.0. The molecule has 3 nitrogen and oxygen atoms in total. The maximum atomic E-state index is 4.38. The van der Waals surface area contributed by atoms with Crippen LogP contribution in [0.2, 0.25) is 0 Å². The fourth-order valence-corrected chi connectivity index (χ4v) is 3.42. The van der Waals surface area contributed by atoms with Crippen LogP contribution in [0.15, 0.2) is 12.5 Å². The van der Waals surface area contributed by atoms with E-state index in [1.54, 1.807) is 0 Å². The molecule has 0 aromatic carbocycles. The Morgan fingerprint density at radius 3 is 2.94 bits per heavy atom. The number of rotatable bonds is 5. The summed E-state index contributed by atoms with van der Waals surface area (Å²) in [5.41, 5.74) is 1.45. The summed E-state index contributed by atoms with van der Waals surface area (Å²) < 4.78 is 2.42. The maximum absolute atomic E-state index is 4.38. The summed E-state index contributed by atoms with van der Waals surface area (Å²) in [6.45, 7) is 4.57. The molecule has 1 fully saturated rings. The number of imidazole rings is 1. The molecule has 0 aliphatic carbocycles. The van der Waals surface area contributed by atoms with E-state index in [1.165, 1.54) is 30.7 Å². The molecule has 2 heterocycles. The van der Waals surface area contributed by atoms with Crippen molar-refractivity contribution in [2.24, 2.45) is 0 Å². The molecule has 1 aliphatic heterocycles. The summed E-state index contributed by atoms with van der Waals surface area (Å²) in [5.74, 6) is 1.89. The molecular weight excluding hydrogens is 230 g/mol. The first-order valence-corrected chi connectivity index (χ1v) is 7.97. The predicted molar refractivity (Wildman–Crippen MR) is 74.8 cm³/mol. The van der Waals surface area contributed by atoms with Crippen LogP contribution in [0.3, 0.4) is 0 Å². The predicted octanol–water partition coefficient (Wildman–Crippen LogP) is 2.66. The van der Waals surface area contributed by atoms with Crippen LogP contribution < -0.4 is 5.32 Å². The summed E-state index contributed by atoms with van der Waals surface area (Å²) in [6, 6.07) is 0.609. The lowest BCUT2D eigenvalue weighted by Crippen LogP contribution is -2.28. The number of aromatic nitrogens is 2. The van der Waals surface area contributed by atoms with Gasteiger partial charge in [0.15, 0.2) is 0 Å². The van der Waals surface area contributed by atoms with Gasteiger partial charge in [-0.25, -0.2) is 4.98 Å². The van der Waals surface area contributed by atoms with Gasteiger partial charge in [0, 0.05) is 29.6 Å². The second kappa shape index (κ2) is 6.45. The highest BCUT2D eigenvalue weighted by molar-refractivity contribution is 7.98. The summed E-state index contributed by atoms with van der Waals surface area (Å²) >= 11 is 1.93. The van der Waals surface area contributed by atoms with Crippen molar-refractivity contribution in [2.45, 2.75) is 38.1 Å². The van der Waals surface area contributed by atoms with Gasteiger partial charge < -0.3 is 9.88 Å². The van der Waals surface area contributed by atoms with Crippen molar-refractivity contribution in [3.05, 3.63) is 18.2 Å². The minimum atomic E-state index is 0.609. The largest absolute Gasteiger partial charge is 0.330 e. The molecule has 17 heavy (non-hydrogen) atoms. The van der Waals surface area contributed by atoms with E-state index in [9.17, 15) is 0 Å². The zero-order valence-corrected chi connectivity index (χ0v) is 11.7. The molecule has 0 radical (unpaired) electrons. The third-order valence-electron chi connectivity index (χ3n) is 3.68. The van der Waals surface area contributed by atoms with Crippen molar-refractivity contribution in [3.8, 4) is 0 Å². The Morgan fingerprint density at radius 2 is 2.29 bits per heavy atom. The monoisotopic (exact) mass is 253 g/mol. The lowest BCUT2D eigenvalue weighted by atomic mass is 9.94. The highest BCUT2D eigenvalue weighted by Crippen LogP contribution is 2.28. The minimum Gasteiger partial charge on any atom is -0.330 e. The van der Waals surface area contributed by atoms with Crippen molar-refractivity contribution >= 4 is 11.8 Å². The smallest absolute Gasteiger partial charge is 0.0951 e. The highest BCUT2D eigenvalue weighted by atomic mass is 32.2. The third kappa shape index (κ3) is 3.05. The molecule has 4 heteroatoms. The first-order valence-electron chi connectivity index (χ1n) is 6.58. The van der Waals surface area contributed by atoms with Gasteiger partial charge in [0.25, 0.3) is 0 Å². The van der Waals surface area contributed by atoms with Crippen molar-refractivity contribution in [1.29, 1.82) is 0 Å². The van der Waals surface area contributed by atoms with Gasteiger partial charge in [-0.2, -0.15) is 11.8 Å².